The summed E-state index contributed by atoms with van der Waals surface area (Å²) in [6.45, 7) is 8.72. The van der Waals surface area contributed by atoms with E-state index in [1.807, 2.05) is 31.2 Å². The Morgan fingerprint density at radius 2 is 1.79 bits per heavy atom. The second kappa shape index (κ2) is 9.43. The molecule has 7 nitrogen and oxygen atoms in total. The minimum atomic E-state index is -0.403. The number of thiophene rings is 2. The van der Waals surface area contributed by atoms with Crippen molar-refractivity contribution in [2.75, 3.05) is 16.8 Å². The van der Waals surface area contributed by atoms with Crippen LogP contribution in [0.4, 0.5) is 16.5 Å². The average molecular weight is 541 g/mol. The minimum absolute atomic E-state index is 0.0925. The summed E-state index contributed by atoms with van der Waals surface area (Å²) in [4.78, 5) is 19.9. The molecule has 5 rings (SSSR count). The molecule has 5 N–H and O–H groups in total. The van der Waals surface area contributed by atoms with Crippen molar-refractivity contribution in [1.82, 2.24) is 4.98 Å². The Morgan fingerprint density at radius 1 is 1.11 bits per heavy atom. The van der Waals surface area contributed by atoms with Crippen molar-refractivity contribution in [3.05, 3.63) is 56.3 Å². The summed E-state index contributed by atoms with van der Waals surface area (Å²) < 4.78 is 0. The number of carbonyl (C=O) groups excluding carboxylic acids is 1. The Labute approximate surface area is 229 Å². The molecule has 4 aromatic rings. The Balaban J connectivity index is 1.57. The highest BCUT2D eigenvalue weighted by Crippen LogP contribution is 2.46. The minimum Gasteiger partial charge on any atom is -0.397 e. The van der Waals surface area contributed by atoms with E-state index in [4.69, 9.17) is 11.5 Å². The molecule has 3 aromatic heterocycles. The number of anilines is 3. The van der Waals surface area contributed by atoms with E-state index in [9.17, 15) is 15.3 Å². The number of carbonyl (C=O) groups is 1. The predicted molar refractivity (Wildman–Crippen MR) is 155 cm³/mol. The SMILES string of the molecule is Cc1ccc(-c2c(C#N)c(N)nc3sc(C(=O)Nc4sc5c(c4C#N)CCC(C(C)(C)C)C5)c(N)c23)cc1. The first kappa shape index (κ1) is 25.7. The van der Waals surface area contributed by atoms with Crippen LogP contribution in [0.1, 0.15) is 64.0 Å². The average Bonchev–Trinajstić information content (AvgIpc) is 3.39. The molecule has 3 heterocycles. The van der Waals surface area contributed by atoms with Crippen LogP contribution in [0.5, 0.6) is 0 Å². The second-order valence-electron chi connectivity index (χ2n) is 10.8. The van der Waals surface area contributed by atoms with E-state index >= 15 is 0 Å². The molecule has 1 atom stereocenters. The first-order chi connectivity index (χ1) is 18.0. The number of fused-ring (bicyclic) bond motifs is 2. The van der Waals surface area contributed by atoms with E-state index in [-0.39, 0.29) is 27.4 Å². The maximum atomic E-state index is 13.5. The maximum Gasteiger partial charge on any atom is 0.268 e. The number of benzene rings is 1. The van der Waals surface area contributed by atoms with Gasteiger partial charge < -0.3 is 16.8 Å². The number of rotatable bonds is 3. The van der Waals surface area contributed by atoms with Gasteiger partial charge in [-0.15, -0.1) is 22.7 Å². The number of nitrogens with one attached hydrogen (secondary N) is 1. The van der Waals surface area contributed by atoms with Crippen molar-refractivity contribution in [2.45, 2.75) is 47.0 Å². The van der Waals surface area contributed by atoms with Gasteiger partial charge in [0, 0.05) is 15.8 Å². The fourth-order valence-electron chi connectivity index (χ4n) is 5.15. The molecule has 1 unspecified atom stereocenters. The Bertz CT molecular complexity index is 1680. The van der Waals surface area contributed by atoms with E-state index in [0.29, 0.717) is 32.3 Å². The standard InChI is InChI=1S/C29H28N6OS2/c1-14-5-7-15(8-6-14)21-19(13-31)25(33)34-28-22(21)23(32)24(38-28)26(36)35-27-18(12-30)17-10-9-16(29(2,3)4)11-20(17)37-27/h5-8,16H,9-11,32H2,1-4H3,(H2,33,34)(H,35,36). The highest BCUT2D eigenvalue weighted by Gasteiger charge is 2.33. The number of amides is 1. The monoisotopic (exact) mass is 540 g/mol. The molecular formula is C29H28N6OS2. The molecule has 0 saturated carbocycles. The molecule has 0 saturated heterocycles. The Kier molecular flexibility index (Phi) is 6.38. The molecular weight excluding hydrogens is 512 g/mol. The molecule has 0 aliphatic heterocycles. The number of nitrogens with two attached hydrogens (primary N) is 2. The number of nitriles is 2. The molecule has 1 aliphatic rings. The maximum absolute atomic E-state index is 13.5. The lowest BCUT2D eigenvalue weighted by Gasteiger charge is -2.33. The number of aryl methyl sites for hydroxylation is 1. The number of pyridine rings is 1. The number of hydrogen-bond donors (Lipinski definition) is 3. The van der Waals surface area contributed by atoms with E-state index < -0.39 is 5.91 Å². The van der Waals surface area contributed by atoms with Crippen molar-refractivity contribution in [3.63, 3.8) is 0 Å². The number of nitrogens with zero attached hydrogens (tertiary/aromatic N) is 3. The smallest absolute Gasteiger partial charge is 0.268 e. The van der Waals surface area contributed by atoms with Crippen LogP contribution in [0.25, 0.3) is 21.3 Å². The van der Waals surface area contributed by atoms with Crippen LogP contribution in [0, 0.1) is 40.9 Å². The lowest BCUT2D eigenvalue weighted by molar-refractivity contribution is 0.103. The summed E-state index contributed by atoms with van der Waals surface area (Å²) >= 11 is 2.62. The van der Waals surface area contributed by atoms with Crippen molar-refractivity contribution < 1.29 is 4.79 Å². The zero-order chi connectivity index (χ0) is 27.4. The Hall–Kier alpha value is -3.92. The predicted octanol–water partition coefficient (Wildman–Crippen LogP) is 6.64. The van der Waals surface area contributed by atoms with Gasteiger partial charge in [0.25, 0.3) is 5.91 Å². The van der Waals surface area contributed by atoms with Crippen LogP contribution in [-0.2, 0) is 12.8 Å². The molecule has 1 aromatic carbocycles. The van der Waals surface area contributed by atoms with Gasteiger partial charge in [-0.3, -0.25) is 4.79 Å². The topological polar surface area (TPSA) is 142 Å². The van der Waals surface area contributed by atoms with E-state index in [2.05, 4.69) is 43.2 Å². The van der Waals surface area contributed by atoms with Crippen LogP contribution >= 0.6 is 22.7 Å². The van der Waals surface area contributed by atoms with Gasteiger partial charge in [0.05, 0.1) is 11.3 Å². The third-order valence-electron chi connectivity index (χ3n) is 7.39. The third kappa shape index (κ3) is 4.28. The number of hydrogen-bond acceptors (Lipinski definition) is 8. The number of nitrogen functional groups attached to an aromatic ring is 2. The first-order valence-electron chi connectivity index (χ1n) is 12.4. The fraction of sp³-hybridized carbons (Fsp3) is 0.310. The summed E-state index contributed by atoms with van der Waals surface area (Å²) in [5.74, 6) is 0.211. The lowest BCUT2D eigenvalue weighted by Crippen LogP contribution is -2.26. The van der Waals surface area contributed by atoms with Gasteiger partial charge in [0.15, 0.2) is 0 Å². The quantitative estimate of drug-likeness (QED) is 0.266. The highest BCUT2D eigenvalue weighted by molar-refractivity contribution is 7.21. The Morgan fingerprint density at radius 3 is 2.42 bits per heavy atom. The third-order valence-corrected chi connectivity index (χ3v) is 9.66. The zero-order valence-corrected chi connectivity index (χ0v) is 23.4. The van der Waals surface area contributed by atoms with Crippen LogP contribution in [0.15, 0.2) is 24.3 Å². The largest absolute Gasteiger partial charge is 0.397 e. The molecule has 9 heteroatoms. The van der Waals surface area contributed by atoms with Crippen LogP contribution in [-0.4, -0.2) is 10.9 Å². The molecule has 38 heavy (non-hydrogen) atoms. The van der Waals surface area contributed by atoms with Gasteiger partial charge in [0.1, 0.15) is 38.2 Å². The van der Waals surface area contributed by atoms with Gasteiger partial charge in [-0.25, -0.2) is 4.98 Å². The molecule has 0 radical (unpaired) electrons. The summed E-state index contributed by atoms with van der Waals surface area (Å²) in [6, 6.07) is 12.2. The van der Waals surface area contributed by atoms with Gasteiger partial charge in [-0.1, -0.05) is 50.6 Å². The van der Waals surface area contributed by atoms with Gasteiger partial charge in [-0.2, -0.15) is 10.5 Å². The molecule has 1 aliphatic carbocycles. The second-order valence-corrected chi connectivity index (χ2v) is 12.9. The van der Waals surface area contributed by atoms with E-state index in [1.165, 1.54) is 16.2 Å². The molecule has 0 fully saturated rings. The lowest BCUT2D eigenvalue weighted by atomic mass is 9.72. The summed E-state index contributed by atoms with van der Waals surface area (Å²) in [5, 5.41) is 23.9. The van der Waals surface area contributed by atoms with Crippen molar-refractivity contribution >= 4 is 55.3 Å². The molecule has 1 amide bonds. The summed E-state index contributed by atoms with van der Waals surface area (Å²) in [7, 11) is 0. The molecule has 0 spiro atoms. The van der Waals surface area contributed by atoms with Crippen LogP contribution in [0.2, 0.25) is 0 Å². The molecule has 192 valence electrons. The van der Waals surface area contributed by atoms with Gasteiger partial charge in [-0.05, 0) is 48.6 Å². The normalized spacial score (nSPS) is 15.1. The van der Waals surface area contributed by atoms with Crippen LogP contribution in [0.3, 0.4) is 0 Å². The summed E-state index contributed by atoms with van der Waals surface area (Å²) in [5.41, 5.74) is 17.4. The van der Waals surface area contributed by atoms with Crippen molar-refractivity contribution in [1.29, 1.82) is 10.5 Å². The van der Waals surface area contributed by atoms with Gasteiger partial charge in [0.2, 0.25) is 0 Å². The van der Waals surface area contributed by atoms with Crippen molar-refractivity contribution in [2.24, 2.45) is 11.3 Å². The van der Waals surface area contributed by atoms with E-state index in [0.717, 1.165) is 47.3 Å². The first-order valence-corrected chi connectivity index (χ1v) is 14.0. The molecule has 0 bridgehead atoms. The van der Waals surface area contributed by atoms with Crippen LogP contribution < -0.4 is 16.8 Å². The van der Waals surface area contributed by atoms with E-state index in [1.54, 1.807) is 0 Å². The van der Waals surface area contributed by atoms with Gasteiger partial charge >= 0.3 is 0 Å². The zero-order valence-electron chi connectivity index (χ0n) is 21.7. The fourth-order valence-corrected chi connectivity index (χ4v) is 7.43. The number of aromatic nitrogens is 1. The summed E-state index contributed by atoms with van der Waals surface area (Å²) in [6.07, 6.45) is 2.76. The highest BCUT2D eigenvalue weighted by atomic mass is 32.1. The van der Waals surface area contributed by atoms with Crippen molar-refractivity contribution in [3.8, 4) is 23.3 Å².